The number of halogens is 1. The number of nitrogens with zero attached hydrogens (tertiary/aromatic N) is 4. The molecule has 0 aromatic carbocycles. The lowest BCUT2D eigenvalue weighted by Crippen LogP contribution is -2.51. The van der Waals surface area contributed by atoms with E-state index in [2.05, 4.69) is 34.0 Å². The number of anilines is 1. The van der Waals surface area contributed by atoms with Crippen LogP contribution in [-0.2, 0) is 9.59 Å². The SMILES string of the molecule is CC(C)CNC(=O)CSc1nc(Cl)cc(N2CCN(C(=O)C(C)(C)C)CC2)n1. The van der Waals surface area contributed by atoms with Gasteiger partial charge in [-0.15, -0.1) is 0 Å². The summed E-state index contributed by atoms with van der Waals surface area (Å²) in [5, 5.41) is 3.71. The fourth-order valence-electron chi connectivity index (χ4n) is 2.72. The molecular formula is C19H30ClN5O2S. The van der Waals surface area contributed by atoms with Crippen LogP contribution in [0.2, 0.25) is 5.15 Å². The van der Waals surface area contributed by atoms with E-state index in [1.165, 1.54) is 11.8 Å². The second-order valence-electron chi connectivity index (χ2n) is 8.35. The van der Waals surface area contributed by atoms with Crippen molar-refractivity contribution in [1.29, 1.82) is 0 Å². The summed E-state index contributed by atoms with van der Waals surface area (Å²) in [5.74, 6) is 1.51. The molecule has 1 N–H and O–H groups in total. The molecule has 1 aliphatic heterocycles. The Labute approximate surface area is 176 Å². The maximum Gasteiger partial charge on any atom is 0.230 e. The first-order valence-electron chi connectivity index (χ1n) is 9.54. The molecule has 7 nitrogen and oxygen atoms in total. The Balaban J connectivity index is 1.95. The van der Waals surface area contributed by atoms with Crippen molar-refractivity contribution >= 4 is 41.0 Å². The van der Waals surface area contributed by atoms with Crippen molar-refractivity contribution in [2.24, 2.45) is 11.3 Å². The second kappa shape index (κ2) is 9.78. The Morgan fingerprint density at radius 3 is 2.43 bits per heavy atom. The third kappa shape index (κ3) is 6.81. The number of carbonyl (C=O) groups is 2. The lowest BCUT2D eigenvalue weighted by Gasteiger charge is -2.38. The van der Waals surface area contributed by atoms with Crippen LogP contribution < -0.4 is 10.2 Å². The van der Waals surface area contributed by atoms with Crippen molar-refractivity contribution in [3.05, 3.63) is 11.2 Å². The Kier molecular flexibility index (Phi) is 7.95. The van der Waals surface area contributed by atoms with Crippen molar-refractivity contribution in [2.45, 2.75) is 39.8 Å². The molecule has 156 valence electrons. The summed E-state index contributed by atoms with van der Waals surface area (Å²) in [5.41, 5.74) is -0.375. The summed E-state index contributed by atoms with van der Waals surface area (Å²) >= 11 is 7.44. The van der Waals surface area contributed by atoms with E-state index in [9.17, 15) is 9.59 Å². The predicted octanol–water partition coefficient (Wildman–Crippen LogP) is 2.69. The smallest absolute Gasteiger partial charge is 0.230 e. The normalized spacial score (nSPS) is 15.1. The highest BCUT2D eigenvalue weighted by Crippen LogP contribution is 2.24. The molecule has 1 aromatic rings. The molecule has 0 bridgehead atoms. The number of aromatic nitrogens is 2. The van der Waals surface area contributed by atoms with Crippen molar-refractivity contribution in [1.82, 2.24) is 20.2 Å². The zero-order valence-electron chi connectivity index (χ0n) is 17.3. The minimum absolute atomic E-state index is 0.0434. The van der Waals surface area contributed by atoms with Crippen LogP contribution in [0.25, 0.3) is 0 Å². The summed E-state index contributed by atoms with van der Waals surface area (Å²) in [6.45, 7) is 13.2. The monoisotopic (exact) mass is 427 g/mol. The maximum atomic E-state index is 12.4. The molecule has 0 saturated carbocycles. The molecule has 1 aromatic heterocycles. The van der Waals surface area contributed by atoms with Gasteiger partial charge in [0.1, 0.15) is 11.0 Å². The van der Waals surface area contributed by atoms with Gasteiger partial charge in [0.15, 0.2) is 5.16 Å². The van der Waals surface area contributed by atoms with Gasteiger partial charge in [-0.2, -0.15) is 0 Å². The Morgan fingerprint density at radius 2 is 1.86 bits per heavy atom. The molecule has 2 amide bonds. The molecular weight excluding hydrogens is 398 g/mol. The van der Waals surface area contributed by atoms with E-state index in [1.54, 1.807) is 6.07 Å². The summed E-state index contributed by atoms with van der Waals surface area (Å²) in [6.07, 6.45) is 0. The zero-order chi connectivity index (χ0) is 20.9. The number of nitrogens with one attached hydrogen (secondary N) is 1. The Morgan fingerprint density at radius 1 is 1.21 bits per heavy atom. The summed E-state index contributed by atoms with van der Waals surface area (Å²) in [4.78, 5) is 37.1. The highest BCUT2D eigenvalue weighted by molar-refractivity contribution is 7.99. The minimum Gasteiger partial charge on any atom is -0.355 e. The van der Waals surface area contributed by atoms with Crippen LogP contribution in [0.3, 0.4) is 0 Å². The van der Waals surface area contributed by atoms with Crippen LogP contribution in [0.15, 0.2) is 11.2 Å². The average Bonchev–Trinajstić information content (AvgIpc) is 2.63. The standard InChI is InChI=1S/C19H30ClN5O2S/c1-13(2)11-21-16(26)12-28-18-22-14(20)10-15(23-18)24-6-8-25(9-7-24)17(27)19(3,4)5/h10,13H,6-9,11-12H2,1-5H3,(H,21,26). The highest BCUT2D eigenvalue weighted by atomic mass is 35.5. The van der Waals surface area contributed by atoms with Gasteiger partial charge in [0, 0.05) is 44.2 Å². The van der Waals surface area contributed by atoms with E-state index in [4.69, 9.17) is 11.6 Å². The number of amides is 2. The molecule has 0 aliphatic carbocycles. The van der Waals surface area contributed by atoms with Gasteiger partial charge in [0.05, 0.1) is 5.75 Å². The fourth-order valence-corrected chi connectivity index (χ4v) is 3.64. The molecule has 0 atom stereocenters. The summed E-state index contributed by atoms with van der Waals surface area (Å²) in [7, 11) is 0. The van der Waals surface area contributed by atoms with E-state index < -0.39 is 0 Å². The number of rotatable bonds is 6. The first kappa shape index (κ1) is 22.7. The van der Waals surface area contributed by atoms with Crippen LogP contribution in [0.4, 0.5) is 5.82 Å². The van der Waals surface area contributed by atoms with Crippen molar-refractivity contribution in [2.75, 3.05) is 43.4 Å². The lowest BCUT2D eigenvalue weighted by molar-refractivity contribution is -0.139. The van der Waals surface area contributed by atoms with Gasteiger partial charge in [-0.3, -0.25) is 9.59 Å². The number of hydrogen-bond acceptors (Lipinski definition) is 6. The number of hydrogen-bond donors (Lipinski definition) is 1. The zero-order valence-corrected chi connectivity index (χ0v) is 18.9. The lowest BCUT2D eigenvalue weighted by atomic mass is 9.94. The number of piperazine rings is 1. The van der Waals surface area contributed by atoms with Gasteiger partial charge in [-0.05, 0) is 5.92 Å². The number of carbonyl (C=O) groups excluding carboxylic acids is 2. The minimum atomic E-state index is -0.375. The first-order chi connectivity index (χ1) is 13.1. The topological polar surface area (TPSA) is 78.4 Å². The quantitative estimate of drug-likeness (QED) is 0.427. The molecule has 2 heterocycles. The molecule has 1 aliphatic rings. The summed E-state index contributed by atoms with van der Waals surface area (Å²) < 4.78 is 0. The highest BCUT2D eigenvalue weighted by Gasteiger charge is 2.30. The maximum absolute atomic E-state index is 12.4. The predicted molar refractivity (Wildman–Crippen MR) is 114 cm³/mol. The average molecular weight is 428 g/mol. The molecule has 0 unspecified atom stereocenters. The van der Waals surface area contributed by atoms with Gasteiger partial charge in [0.25, 0.3) is 0 Å². The van der Waals surface area contributed by atoms with Crippen molar-refractivity contribution in [3.8, 4) is 0 Å². The van der Waals surface area contributed by atoms with Crippen molar-refractivity contribution in [3.63, 3.8) is 0 Å². The van der Waals surface area contributed by atoms with Gasteiger partial charge in [-0.25, -0.2) is 9.97 Å². The third-order valence-electron chi connectivity index (χ3n) is 4.23. The van der Waals surface area contributed by atoms with Crippen LogP contribution in [0.5, 0.6) is 0 Å². The van der Waals surface area contributed by atoms with E-state index in [1.807, 2.05) is 25.7 Å². The molecule has 2 rings (SSSR count). The van der Waals surface area contributed by atoms with E-state index >= 15 is 0 Å². The van der Waals surface area contributed by atoms with Crippen LogP contribution in [0, 0.1) is 11.3 Å². The molecule has 0 spiro atoms. The van der Waals surface area contributed by atoms with Gasteiger partial charge in [-0.1, -0.05) is 58.0 Å². The largest absolute Gasteiger partial charge is 0.355 e. The van der Waals surface area contributed by atoms with Gasteiger partial charge in [0.2, 0.25) is 11.8 Å². The summed E-state index contributed by atoms with van der Waals surface area (Å²) in [6, 6.07) is 1.73. The van der Waals surface area contributed by atoms with Crippen molar-refractivity contribution < 1.29 is 9.59 Å². The molecule has 9 heteroatoms. The number of thioether (sulfide) groups is 1. The molecule has 28 heavy (non-hydrogen) atoms. The van der Waals surface area contributed by atoms with Crippen LogP contribution in [0.1, 0.15) is 34.6 Å². The third-order valence-corrected chi connectivity index (χ3v) is 5.27. The van der Waals surface area contributed by atoms with E-state index in [-0.39, 0.29) is 23.0 Å². The molecule has 1 saturated heterocycles. The van der Waals surface area contributed by atoms with E-state index in [0.717, 1.165) is 5.82 Å². The first-order valence-corrected chi connectivity index (χ1v) is 10.9. The molecule has 0 radical (unpaired) electrons. The van der Waals surface area contributed by atoms with Gasteiger partial charge >= 0.3 is 0 Å². The molecule has 1 fully saturated rings. The Hall–Kier alpha value is -1.54. The Bertz CT molecular complexity index is 700. The van der Waals surface area contributed by atoms with E-state index in [0.29, 0.717) is 49.0 Å². The second-order valence-corrected chi connectivity index (χ2v) is 9.68. The van der Waals surface area contributed by atoms with Crippen LogP contribution in [-0.4, -0.2) is 65.2 Å². The fraction of sp³-hybridized carbons (Fsp3) is 0.684. The van der Waals surface area contributed by atoms with Crippen LogP contribution >= 0.6 is 23.4 Å². The van der Waals surface area contributed by atoms with Gasteiger partial charge < -0.3 is 15.1 Å².